The second-order valence-electron chi connectivity index (χ2n) is 4.95. The van der Waals surface area contributed by atoms with Crippen LogP contribution < -0.4 is 5.73 Å². The summed E-state index contributed by atoms with van der Waals surface area (Å²) in [6.45, 7) is 1.31. The van der Waals surface area contributed by atoms with Gasteiger partial charge in [-0.3, -0.25) is 0 Å². The van der Waals surface area contributed by atoms with Gasteiger partial charge in [0.05, 0.1) is 0 Å². The van der Waals surface area contributed by atoms with Crippen molar-refractivity contribution >= 4 is 0 Å². The zero-order valence-electron chi connectivity index (χ0n) is 11.6. The maximum absolute atomic E-state index is 9.37. The van der Waals surface area contributed by atoms with Crippen LogP contribution in [0, 0.1) is 0 Å². The molecule has 0 spiro atoms. The number of rotatable bonds is 4. The van der Waals surface area contributed by atoms with Gasteiger partial charge in [0.2, 0.25) is 0 Å². The van der Waals surface area contributed by atoms with Crippen molar-refractivity contribution in [2.45, 2.75) is 13.1 Å². The Kier molecular flexibility index (Phi) is 3.71. The van der Waals surface area contributed by atoms with Crippen molar-refractivity contribution in [3.05, 3.63) is 72.1 Å². The van der Waals surface area contributed by atoms with Gasteiger partial charge < -0.3 is 15.4 Å². The minimum atomic E-state index is 0.259. The first-order valence-electron chi connectivity index (χ1n) is 6.84. The number of benzene rings is 2. The predicted octanol–water partition coefficient (Wildman–Crippen LogP) is 2.76. The topological polar surface area (TPSA) is 64.1 Å². The summed E-state index contributed by atoms with van der Waals surface area (Å²) in [6, 6.07) is 15.3. The van der Waals surface area contributed by atoms with Crippen LogP contribution in [0.2, 0.25) is 0 Å². The van der Waals surface area contributed by atoms with Gasteiger partial charge >= 0.3 is 0 Å². The van der Waals surface area contributed by atoms with Gasteiger partial charge in [-0.15, -0.1) is 0 Å². The highest BCUT2D eigenvalue weighted by Crippen LogP contribution is 2.21. The molecule has 0 radical (unpaired) electrons. The molecule has 1 aromatic heterocycles. The van der Waals surface area contributed by atoms with Crippen LogP contribution in [0.3, 0.4) is 0 Å². The number of nitrogens with zero attached hydrogens (tertiary/aromatic N) is 2. The standard InChI is InChI=1S/C17H17N3O/c18-11-13-1-3-14(4-2-13)12-20-10-9-19-17(20)15-5-7-16(21)8-6-15/h1-10,21H,11-12,18H2. The molecule has 3 aromatic rings. The summed E-state index contributed by atoms with van der Waals surface area (Å²) in [5, 5.41) is 9.37. The second kappa shape index (κ2) is 5.81. The fourth-order valence-electron chi connectivity index (χ4n) is 2.29. The van der Waals surface area contributed by atoms with E-state index in [1.807, 2.05) is 30.5 Å². The monoisotopic (exact) mass is 279 g/mol. The van der Waals surface area contributed by atoms with Gasteiger partial charge in [0, 0.05) is 31.0 Å². The maximum Gasteiger partial charge on any atom is 0.140 e. The summed E-state index contributed by atoms with van der Waals surface area (Å²) in [5.41, 5.74) is 8.92. The molecule has 0 fully saturated rings. The number of aromatic nitrogens is 2. The van der Waals surface area contributed by atoms with Crippen molar-refractivity contribution in [2.24, 2.45) is 5.73 Å². The summed E-state index contributed by atoms with van der Waals surface area (Å²) in [7, 11) is 0. The molecule has 0 aliphatic heterocycles. The molecule has 4 heteroatoms. The molecule has 0 atom stereocenters. The van der Waals surface area contributed by atoms with Crippen LogP contribution in [0.25, 0.3) is 11.4 Å². The van der Waals surface area contributed by atoms with E-state index in [2.05, 4.69) is 21.7 Å². The van der Waals surface area contributed by atoms with Crippen LogP contribution in [-0.2, 0) is 13.1 Å². The summed E-state index contributed by atoms with van der Waals surface area (Å²) in [4.78, 5) is 4.41. The normalized spacial score (nSPS) is 10.7. The third-order valence-corrected chi connectivity index (χ3v) is 3.45. The molecular weight excluding hydrogens is 262 g/mol. The Hall–Kier alpha value is -2.59. The Morgan fingerprint density at radius 3 is 2.29 bits per heavy atom. The lowest BCUT2D eigenvalue weighted by Crippen LogP contribution is -2.02. The number of hydrogen-bond acceptors (Lipinski definition) is 3. The Morgan fingerprint density at radius 2 is 1.62 bits per heavy atom. The van der Waals surface area contributed by atoms with Gasteiger partial charge in [0.1, 0.15) is 11.6 Å². The summed E-state index contributed by atoms with van der Waals surface area (Å²) in [5.74, 6) is 1.15. The fourth-order valence-corrected chi connectivity index (χ4v) is 2.29. The van der Waals surface area contributed by atoms with Crippen molar-refractivity contribution in [3.63, 3.8) is 0 Å². The molecule has 0 unspecified atom stereocenters. The van der Waals surface area contributed by atoms with E-state index < -0.39 is 0 Å². The Bertz CT molecular complexity index is 715. The molecule has 0 saturated carbocycles. The number of imidazole rings is 1. The molecule has 3 N–H and O–H groups in total. The van der Waals surface area contributed by atoms with Crippen molar-refractivity contribution < 1.29 is 5.11 Å². The quantitative estimate of drug-likeness (QED) is 0.772. The van der Waals surface area contributed by atoms with Crippen LogP contribution >= 0.6 is 0 Å². The maximum atomic E-state index is 9.37. The summed E-state index contributed by atoms with van der Waals surface area (Å²) < 4.78 is 2.09. The first-order chi connectivity index (χ1) is 10.3. The smallest absolute Gasteiger partial charge is 0.140 e. The van der Waals surface area contributed by atoms with Crippen molar-refractivity contribution in [2.75, 3.05) is 0 Å². The first kappa shape index (κ1) is 13.4. The van der Waals surface area contributed by atoms with E-state index in [-0.39, 0.29) is 5.75 Å². The molecule has 0 bridgehead atoms. The SMILES string of the molecule is NCc1ccc(Cn2ccnc2-c2ccc(O)cc2)cc1. The lowest BCUT2D eigenvalue weighted by atomic mass is 10.1. The number of phenols is 1. The van der Waals surface area contributed by atoms with E-state index >= 15 is 0 Å². The minimum absolute atomic E-state index is 0.259. The Morgan fingerprint density at radius 1 is 0.952 bits per heavy atom. The number of nitrogens with two attached hydrogens (primary N) is 1. The van der Waals surface area contributed by atoms with E-state index in [0.717, 1.165) is 23.5 Å². The highest BCUT2D eigenvalue weighted by Gasteiger charge is 2.06. The molecular formula is C17H17N3O. The second-order valence-corrected chi connectivity index (χ2v) is 4.95. The van der Waals surface area contributed by atoms with E-state index in [9.17, 15) is 5.11 Å². The van der Waals surface area contributed by atoms with Gasteiger partial charge in [0.25, 0.3) is 0 Å². The Labute approximate surface area is 123 Å². The van der Waals surface area contributed by atoms with Crippen LogP contribution in [-0.4, -0.2) is 14.7 Å². The van der Waals surface area contributed by atoms with Crippen LogP contribution in [0.15, 0.2) is 60.9 Å². The zero-order valence-corrected chi connectivity index (χ0v) is 11.6. The average molecular weight is 279 g/mol. The predicted molar refractivity (Wildman–Crippen MR) is 82.8 cm³/mol. The molecule has 0 aliphatic carbocycles. The number of phenolic OH excluding ortho intramolecular Hbond substituents is 1. The van der Waals surface area contributed by atoms with Crippen LogP contribution in [0.4, 0.5) is 0 Å². The molecule has 4 nitrogen and oxygen atoms in total. The number of aromatic hydroxyl groups is 1. The van der Waals surface area contributed by atoms with E-state index in [0.29, 0.717) is 6.54 Å². The van der Waals surface area contributed by atoms with Gasteiger partial charge in [-0.2, -0.15) is 0 Å². The number of hydrogen-bond donors (Lipinski definition) is 2. The van der Waals surface area contributed by atoms with Crippen LogP contribution in [0.5, 0.6) is 5.75 Å². The van der Waals surface area contributed by atoms with Gasteiger partial charge in [-0.05, 0) is 35.4 Å². The molecule has 1 heterocycles. The molecule has 0 saturated heterocycles. The van der Waals surface area contributed by atoms with E-state index in [1.54, 1.807) is 18.3 Å². The highest BCUT2D eigenvalue weighted by molar-refractivity contribution is 5.56. The summed E-state index contributed by atoms with van der Waals surface area (Å²) in [6.07, 6.45) is 3.75. The third kappa shape index (κ3) is 2.95. The highest BCUT2D eigenvalue weighted by atomic mass is 16.3. The van der Waals surface area contributed by atoms with E-state index in [1.165, 1.54) is 5.56 Å². The molecule has 21 heavy (non-hydrogen) atoms. The van der Waals surface area contributed by atoms with Crippen molar-refractivity contribution in [1.29, 1.82) is 0 Å². The zero-order chi connectivity index (χ0) is 14.7. The van der Waals surface area contributed by atoms with Gasteiger partial charge in [-0.25, -0.2) is 4.98 Å². The lowest BCUT2D eigenvalue weighted by molar-refractivity contribution is 0.475. The van der Waals surface area contributed by atoms with E-state index in [4.69, 9.17) is 5.73 Å². The van der Waals surface area contributed by atoms with Crippen LogP contribution in [0.1, 0.15) is 11.1 Å². The van der Waals surface area contributed by atoms with Crippen molar-refractivity contribution in [1.82, 2.24) is 9.55 Å². The third-order valence-electron chi connectivity index (χ3n) is 3.45. The molecule has 0 aliphatic rings. The summed E-state index contributed by atoms with van der Waals surface area (Å²) >= 11 is 0. The first-order valence-corrected chi connectivity index (χ1v) is 6.84. The van der Waals surface area contributed by atoms with Gasteiger partial charge in [0.15, 0.2) is 0 Å². The molecule has 106 valence electrons. The average Bonchev–Trinajstić information content (AvgIpc) is 2.97. The largest absolute Gasteiger partial charge is 0.508 e. The fraction of sp³-hybridized carbons (Fsp3) is 0.118. The minimum Gasteiger partial charge on any atom is -0.508 e. The lowest BCUT2D eigenvalue weighted by Gasteiger charge is -2.09. The van der Waals surface area contributed by atoms with Gasteiger partial charge in [-0.1, -0.05) is 24.3 Å². The molecule has 0 amide bonds. The molecule has 2 aromatic carbocycles. The molecule has 3 rings (SSSR count). The Balaban J connectivity index is 1.86. The van der Waals surface area contributed by atoms with Crippen molar-refractivity contribution in [3.8, 4) is 17.1 Å².